The van der Waals surface area contributed by atoms with E-state index in [-0.39, 0.29) is 65.9 Å². The predicted octanol–water partition coefficient (Wildman–Crippen LogP) is 3.87. The second-order valence-electron chi connectivity index (χ2n) is 9.08. The molecule has 0 fully saturated rings. The third-order valence-corrected chi connectivity index (χ3v) is 6.54. The molecule has 0 aliphatic carbocycles. The molecule has 12 heteroatoms. The van der Waals surface area contributed by atoms with Gasteiger partial charge in [-0.1, -0.05) is 45.0 Å². The molecule has 2 aromatic carbocycles. The lowest BCUT2D eigenvalue weighted by Crippen LogP contribution is -2.18. The molecule has 3 rings (SSSR count). The van der Waals surface area contributed by atoms with Gasteiger partial charge in [-0.05, 0) is 35.2 Å². The Morgan fingerprint density at radius 1 is 0.974 bits per heavy atom. The molecule has 0 amide bonds. The van der Waals surface area contributed by atoms with Crippen LogP contribution >= 0.6 is 0 Å². The molecule has 3 aromatic rings. The number of nitrogens with zero attached hydrogens (tertiary/aromatic N) is 2. The first-order valence-corrected chi connectivity index (χ1v) is 13.2. The number of aromatic nitrogens is 2. The van der Waals surface area contributed by atoms with Crippen LogP contribution in [0.1, 0.15) is 32.2 Å². The van der Waals surface area contributed by atoms with E-state index in [1.54, 1.807) is 36.4 Å². The fourth-order valence-electron chi connectivity index (χ4n) is 3.29. The standard InChI is InChI=1S/C26H33N3O8S/c1-26(2,3)18-10-12-19(13-11-18)38(31,32)29-24-23(37-21-9-7-6-8-20(21)34-5)25(36-15-14-30)28-22(27-24)16-35-17-33-4/h6-13,30H,14-17H2,1-5H3,(H,27,28,29). The van der Waals surface area contributed by atoms with E-state index >= 15 is 0 Å². The number of rotatable bonds is 13. The van der Waals surface area contributed by atoms with Crippen LogP contribution < -0.4 is 18.9 Å². The highest BCUT2D eigenvalue weighted by Crippen LogP contribution is 2.40. The van der Waals surface area contributed by atoms with Crippen LogP contribution in [0.4, 0.5) is 5.82 Å². The van der Waals surface area contributed by atoms with Crippen molar-refractivity contribution in [2.24, 2.45) is 0 Å². The van der Waals surface area contributed by atoms with E-state index < -0.39 is 10.0 Å². The summed E-state index contributed by atoms with van der Waals surface area (Å²) in [6, 6.07) is 13.4. The molecule has 38 heavy (non-hydrogen) atoms. The lowest BCUT2D eigenvalue weighted by atomic mass is 9.87. The Kier molecular flexibility index (Phi) is 9.86. The molecule has 0 radical (unpaired) electrons. The van der Waals surface area contributed by atoms with Gasteiger partial charge in [-0.2, -0.15) is 4.98 Å². The van der Waals surface area contributed by atoms with Crippen LogP contribution in [0.3, 0.4) is 0 Å². The SMILES string of the molecule is COCOCc1nc(NS(=O)(=O)c2ccc(C(C)(C)C)cc2)c(Oc2ccccc2OC)c(OCCO)n1. The highest BCUT2D eigenvalue weighted by molar-refractivity contribution is 7.92. The van der Waals surface area contributed by atoms with Gasteiger partial charge in [0, 0.05) is 7.11 Å². The fraction of sp³-hybridized carbons (Fsp3) is 0.385. The number of aliphatic hydroxyl groups is 1. The van der Waals surface area contributed by atoms with Crippen LogP contribution in [0.25, 0.3) is 0 Å². The van der Waals surface area contributed by atoms with Crippen molar-refractivity contribution in [3.8, 4) is 23.1 Å². The van der Waals surface area contributed by atoms with E-state index in [0.29, 0.717) is 5.75 Å². The second kappa shape index (κ2) is 12.9. The van der Waals surface area contributed by atoms with Gasteiger partial charge >= 0.3 is 0 Å². The van der Waals surface area contributed by atoms with Gasteiger partial charge in [0.15, 0.2) is 23.1 Å². The maximum atomic E-state index is 13.4. The van der Waals surface area contributed by atoms with Crippen molar-refractivity contribution in [3.63, 3.8) is 0 Å². The van der Waals surface area contributed by atoms with Crippen LogP contribution in [-0.2, 0) is 31.5 Å². The van der Waals surface area contributed by atoms with Gasteiger partial charge in [0.25, 0.3) is 15.9 Å². The van der Waals surface area contributed by atoms with Crippen molar-refractivity contribution in [2.45, 2.75) is 37.7 Å². The summed E-state index contributed by atoms with van der Waals surface area (Å²) in [4.78, 5) is 8.68. The van der Waals surface area contributed by atoms with Crippen LogP contribution in [-0.4, -0.2) is 57.7 Å². The zero-order valence-corrected chi connectivity index (χ0v) is 22.9. The molecule has 0 bridgehead atoms. The summed E-state index contributed by atoms with van der Waals surface area (Å²) in [6.45, 7) is 5.55. The molecule has 1 aromatic heterocycles. The summed E-state index contributed by atoms with van der Waals surface area (Å²) in [7, 11) is -1.17. The monoisotopic (exact) mass is 547 g/mol. The van der Waals surface area contributed by atoms with Crippen molar-refractivity contribution in [1.29, 1.82) is 0 Å². The number of nitrogens with one attached hydrogen (secondary N) is 1. The van der Waals surface area contributed by atoms with Crippen LogP contribution in [0.2, 0.25) is 0 Å². The maximum absolute atomic E-state index is 13.4. The van der Waals surface area contributed by atoms with E-state index in [2.05, 4.69) is 14.7 Å². The van der Waals surface area contributed by atoms with Crippen molar-refractivity contribution in [2.75, 3.05) is 38.9 Å². The Bertz CT molecular complexity index is 1310. The first kappa shape index (κ1) is 29.1. The minimum Gasteiger partial charge on any atom is -0.493 e. The summed E-state index contributed by atoms with van der Waals surface area (Å²) in [5.74, 6) is 0.355. The first-order chi connectivity index (χ1) is 18.1. The van der Waals surface area contributed by atoms with Crippen LogP contribution in [0.15, 0.2) is 53.4 Å². The van der Waals surface area contributed by atoms with E-state index in [9.17, 15) is 13.5 Å². The summed E-state index contributed by atoms with van der Waals surface area (Å²) in [6.07, 6.45) is 0. The lowest BCUT2D eigenvalue weighted by Gasteiger charge is -2.20. The Balaban J connectivity index is 2.09. The molecule has 0 aliphatic heterocycles. The Morgan fingerprint density at radius 2 is 1.66 bits per heavy atom. The van der Waals surface area contributed by atoms with E-state index in [1.165, 1.54) is 26.4 Å². The van der Waals surface area contributed by atoms with Gasteiger partial charge in [-0.15, -0.1) is 0 Å². The maximum Gasteiger partial charge on any atom is 0.263 e. The van der Waals surface area contributed by atoms with Crippen molar-refractivity contribution in [3.05, 3.63) is 59.9 Å². The Hall–Kier alpha value is -3.45. The third-order valence-electron chi connectivity index (χ3n) is 5.19. The highest BCUT2D eigenvalue weighted by Gasteiger charge is 2.25. The average molecular weight is 548 g/mol. The van der Waals surface area contributed by atoms with Crippen molar-refractivity contribution >= 4 is 15.8 Å². The van der Waals surface area contributed by atoms with Gasteiger partial charge in [0.1, 0.15) is 20.0 Å². The van der Waals surface area contributed by atoms with Crippen LogP contribution in [0, 0.1) is 0 Å². The summed E-state index contributed by atoms with van der Waals surface area (Å²) in [5.41, 5.74) is 0.838. The quantitative estimate of drug-likeness (QED) is 0.239. The fourth-order valence-corrected chi connectivity index (χ4v) is 4.29. The summed E-state index contributed by atoms with van der Waals surface area (Å²) in [5, 5.41) is 9.34. The van der Waals surface area contributed by atoms with Crippen molar-refractivity contribution < 1.29 is 37.2 Å². The minimum absolute atomic E-state index is 0.0300. The normalized spacial score (nSPS) is 11.7. The zero-order chi connectivity index (χ0) is 27.8. The molecular weight excluding hydrogens is 514 g/mol. The predicted molar refractivity (Wildman–Crippen MR) is 140 cm³/mol. The largest absolute Gasteiger partial charge is 0.493 e. The molecule has 2 N–H and O–H groups in total. The molecule has 0 saturated carbocycles. The third kappa shape index (κ3) is 7.54. The number of hydrogen-bond donors (Lipinski definition) is 2. The highest BCUT2D eigenvalue weighted by atomic mass is 32.2. The van der Waals surface area contributed by atoms with Gasteiger partial charge in [0.05, 0.1) is 18.6 Å². The van der Waals surface area contributed by atoms with E-state index in [0.717, 1.165) is 5.56 Å². The van der Waals surface area contributed by atoms with Gasteiger partial charge in [-0.3, -0.25) is 4.72 Å². The topological polar surface area (TPSA) is 138 Å². The number of methoxy groups -OCH3 is 2. The summed E-state index contributed by atoms with van der Waals surface area (Å²) >= 11 is 0. The Labute approximate surface area is 222 Å². The molecule has 0 atom stereocenters. The number of benzene rings is 2. The number of ether oxygens (including phenoxy) is 5. The van der Waals surface area contributed by atoms with Gasteiger partial charge < -0.3 is 28.8 Å². The number of para-hydroxylation sites is 2. The zero-order valence-electron chi connectivity index (χ0n) is 22.1. The van der Waals surface area contributed by atoms with Crippen LogP contribution in [0.5, 0.6) is 23.1 Å². The molecule has 1 heterocycles. The van der Waals surface area contributed by atoms with Gasteiger partial charge in [-0.25, -0.2) is 13.4 Å². The average Bonchev–Trinajstić information content (AvgIpc) is 2.88. The van der Waals surface area contributed by atoms with E-state index in [4.69, 9.17) is 23.7 Å². The molecular formula is C26H33N3O8S. The summed E-state index contributed by atoms with van der Waals surface area (Å²) < 4.78 is 56.5. The molecule has 0 spiro atoms. The number of anilines is 1. The first-order valence-electron chi connectivity index (χ1n) is 11.7. The minimum atomic E-state index is -4.11. The molecule has 0 saturated heterocycles. The second-order valence-corrected chi connectivity index (χ2v) is 10.8. The van der Waals surface area contributed by atoms with Gasteiger partial charge in [0.2, 0.25) is 5.75 Å². The smallest absolute Gasteiger partial charge is 0.263 e. The lowest BCUT2D eigenvalue weighted by molar-refractivity contribution is -0.0413. The van der Waals surface area contributed by atoms with Crippen molar-refractivity contribution in [1.82, 2.24) is 9.97 Å². The molecule has 0 unspecified atom stereocenters. The van der Waals surface area contributed by atoms with E-state index in [1.807, 2.05) is 20.8 Å². The molecule has 206 valence electrons. The number of aliphatic hydroxyl groups excluding tert-OH is 1. The number of hydrogen-bond acceptors (Lipinski definition) is 10. The Morgan fingerprint density at radius 3 is 2.26 bits per heavy atom. The number of sulfonamides is 1. The molecule has 11 nitrogen and oxygen atoms in total. The molecule has 0 aliphatic rings.